The van der Waals surface area contributed by atoms with E-state index in [1.54, 1.807) is 12.1 Å². The van der Waals surface area contributed by atoms with Gasteiger partial charge in [-0.15, -0.1) is 0 Å². The highest BCUT2D eigenvalue weighted by atomic mass is 19.1. The molecule has 1 amide bonds. The SMILES string of the molecule is CCCCN(C=O)CCCC.CN1CC(c2ccc3c(c2)OCO3)C(C(=O)O)C1c1cccc(F)c1. The fraction of sp³-hybridized carbons (Fsp3) is 0.500. The number of nitrogens with zero attached hydrogens (tertiary/aromatic N) is 2. The number of hydrogen-bond acceptors (Lipinski definition) is 5. The number of ether oxygens (including phenoxy) is 2. The molecule has 0 aliphatic carbocycles. The van der Waals surface area contributed by atoms with E-state index in [4.69, 9.17) is 9.47 Å². The number of rotatable bonds is 10. The van der Waals surface area contributed by atoms with Gasteiger partial charge in [-0.1, -0.05) is 44.9 Å². The second-order valence-electron chi connectivity index (χ2n) is 9.37. The number of aliphatic carboxylic acids is 1. The third-order valence-electron chi connectivity index (χ3n) is 6.78. The molecular formula is C28H37FN2O5. The quantitative estimate of drug-likeness (QED) is 0.459. The minimum Gasteiger partial charge on any atom is -0.481 e. The highest BCUT2D eigenvalue weighted by molar-refractivity contribution is 5.73. The van der Waals surface area contributed by atoms with Gasteiger partial charge in [-0.05, 0) is 55.3 Å². The highest BCUT2D eigenvalue weighted by Crippen LogP contribution is 2.46. The van der Waals surface area contributed by atoms with Crippen molar-refractivity contribution in [1.29, 1.82) is 0 Å². The molecule has 1 fully saturated rings. The van der Waals surface area contributed by atoms with E-state index in [1.165, 1.54) is 12.1 Å². The van der Waals surface area contributed by atoms with Gasteiger partial charge in [0.25, 0.3) is 0 Å². The molecule has 2 aliphatic heterocycles. The molecule has 3 unspecified atom stereocenters. The molecule has 3 atom stereocenters. The van der Waals surface area contributed by atoms with E-state index in [0.29, 0.717) is 23.6 Å². The van der Waals surface area contributed by atoms with Gasteiger partial charge in [-0.25, -0.2) is 4.39 Å². The van der Waals surface area contributed by atoms with Crippen LogP contribution in [-0.4, -0.2) is 60.8 Å². The molecule has 2 aromatic rings. The molecular weight excluding hydrogens is 463 g/mol. The predicted octanol–water partition coefficient (Wildman–Crippen LogP) is 5.07. The molecule has 8 heteroatoms. The van der Waals surface area contributed by atoms with Crippen molar-refractivity contribution in [2.24, 2.45) is 5.92 Å². The lowest BCUT2D eigenvalue weighted by Gasteiger charge is -2.24. The molecule has 0 bridgehead atoms. The van der Waals surface area contributed by atoms with Gasteiger partial charge < -0.3 is 19.5 Å². The molecule has 2 aliphatic rings. The van der Waals surface area contributed by atoms with Crippen LogP contribution in [0, 0.1) is 11.7 Å². The first-order valence-corrected chi connectivity index (χ1v) is 12.7. The zero-order valence-electron chi connectivity index (χ0n) is 21.4. The zero-order chi connectivity index (χ0) is 26.1. The summed E-state index contributed by atoms with van der Waals surface area (Å²) >= 11 is 0. The first-order valence-electron chi connectivity index (χ1n) is 12.7. The second-order valence-corrected chi connectivity index (χ2v) is 9.37. The van der Waals surface area contributed by atoms with Crippen molar-refractivity contribution in [1.82, 2.24) is 9.80 Å². The molecule has 0 spiro atoms. The van der Waals surface area contributed by atoms with Gasteiger partial charge in [0.1, 0.15) is 5.82 Å². The standard InChI is InChI=1S/C19H18FNO4.C9H19NO/c1-21-9-14(11-5-6-15-16(8-11)25-10-24-15)17(19(22)23)18(21)12-3-2-4-13(20)7-12;1-3-5-7-10(9-11)8-6-4-2/h2-8,14,17-18H,9-10H2,1H3,(H,22,23);9H,3-8H2,1-2H3. The Morgan fingerprint density at radius 2 is 1.78 bits per heavy atom. The van der Waals surface area contributed by atoms with Crippen molar-refractivity contribution in [2.75, 3.05) is 33.5 Å². The van der Waals surface area contributed by atoms with Gasteiger partial charge in [0.2, 0.25) is 13.2 Å². The lowest BCUT2D eigenvalue weighted by Crippen LogP contribution is -2.26. The van der Waals surface area contributed by atoms with Crippen molar-refractivity contribution in [3.63, 3.8) is 0 Å². The molecule has 36 heavy (non-hydrogen) atoms. The molecule has 7 nitrogen and oxygen atoms in total. The van der Waals surface area contributed by atoms with Crippen LogP contribution in [0.3, 0.4) is 0 Å². The third kappa shape index (κ3) is 6.75. The summed E-state index contributed by atoms with van der Waals surface area (Å²) in [5.41, 5.74) is 1.57. The third-order valence-corrected chi connectivity index (χ3v) is 6.78. The number of carboxylic acids is 1. The van der Waals surface area contributed by atoms with Gasteiger partial charge in [0, 0.05) is 31.6 Å². The Labute approximate surface area is 212 Å². The Morgan fingerprint density at radius 3 is 2.39 bits per heavy atom. The van der Waals surface area contributed by atoms with Gasteiger partial charge in [-0.3, -0.25) is 14.5 Å². The smallest absolute Gasteiger partial charge is 0.309 e. The highest BCUT2D eigenvalue weighted by Gasteiger charge is 2.46. The van der Waals surface area contributed by atoms with Crippen molar-refractivity contribution in [3.05, 3.63) is 59.4 Å². The maximum atomic E-state index is 13.6. The first kappa shape index (κ1) is 27.5. The molecule has 2 aromatic carbocycles. The number of benzene rings is 2. The number of unbranched alkanes of at least 4 members (excludes halogenated alkanes) is 2. The molecule has 0 aromatic heterocycles. The molecule has 4 rings (SSSR count). The van der Waals surface area contributed by atoms with E-state index in [1.807, 2.05) is 35.0 Å². The van der Waals surface area contributed by atoms with Gasteiger partial charge in [0.05, 0.1) is 5.92 Å². The number of carbonyl (C=O) groups excluding carboxylic acids is 1. The maximum Gasteiger partial charge on any atom is 0.309 e. The number of likely N-dealkylation sites (N-methyl/N-ethyl adjacent to an activating group) is 1. The van der Waals surface area contributed by atoms with E-state index in [0.717, 1.165) is 50.7 Å². The largest absolute Gasteiger partial charge is 0.481 e. The van der Waals surface area contributed by atoms with E-state index >= 15 is 0 Å². The number of carbonyl (C=O) groups is 2. The molecule has 196 valence electrons. The summed E-state index contributed by atoms with van der Waals surface area (Å²) in [6.07, 6.45) is 5.54. The van der Waals surface area contributed by atoms with Crippen molar-refractivity contribution >= 4 is 12.4 Å². The van der Waals surface area contributed by atoms with E-state index in [-0.39, 0.29) is 24.6 Å². The minimum atomic E-state index is -0.888. The Bertz CT molecular complexity index is 1010. The Kier molecular flexibility index (Phi) is 10.1. The summed E-state index contributed by atoms with van der Waals surface area (Å²) in [6.45, 7) is 6.89. The monoisotopic (exact) mass is 500 g/mol. The summed E-state index contributed by atoms with van der Waals surface area (Å²) < 4.78 is 24.4. The average Bonchev–Trinajstić information content (AvgIpc) is 3.48. The minimum absolute atomic E-state index is 0.178. The van der Waals surface area contributed by atoms with Crippen LogP contribution in [0.25, 0.3) is 0 Å². The zero-order valence-corrected chi connectivity index (χ0v) is 21.4. The number of fused-ring (bicyclic) bond motifs is 1. The summed E-state index contributed by atoms with van der Waals surface area (Å²) in [7, 11) is 1.87. The Morgan fingerprint density at radius 1 is 1.08 bits per heavy atom. The summed E-state index contributed by atoms with van der Waals surface area (Å²) in [5, 5.41) is 9.88. The van der Waals surface area contributed by atoms with Crippen LogP contribution in [0.5, 0.6) is 11.5 Å². The normalized spacial score (nSPS) is 20.5. The van der Waals surface area contributed by atoms with Crippen molar-refractivity contribution < 1.29 is 28.6 Å². The van der Waals surface area contributed by atoms with Crippen LogP contribution in [0.1, 0.15) is 62.6 Å². The van der Waals surface area contributed by atoms with E-state index in [2.05, 4.69) is 13.8 Å². The summed E-state index contributed by atoms with van der Waals surface area (Å²) in [4.78, 5) is 26.3. The first-order chi connectivity index (χ1) is 17.4. The average molecular weight is 501 g/mol. The van der Waals surface area contributed by atoms with Gasteiger partial charge in [0.15, 0.2) is 11.5 Å². The fourth-order valence-corrected chi connectivity index (χ4v) is 4.89. The molecule has 0 radical (unpaired) electrons. The molecule has 2 heterocycles. The Hall–Kier alpha value is -3.13. The van der Waals surface area contributed by atoms with E-state index in [9.17, 15) is 19.1 Å². The maximum absolute atomic E-state index is 13.6. The molecule has 1 N–H and O–H groups in total. The van der Waals surface area contributed by atoms with Gasteiger partial charge >= 0.3 is 5.97 Å². The summed E-state index contributed by atoms with van der Waals surface area (Å²) in [6, 6.07) is 11.3. The second kappa shape index (κ2) is 13.3. The van der Waals surface area contributed by atoms with Gasteiger partial charge in [-0.2, -0.15) is 0 Å². The van der Waals surface area contributed by atoms with Crippen molar-refractivity contribution in [3.8, 4) is 11.5 Å². The number of likely N-dealkylation sites (tertiary alicyclic amines) is 1. The number of hydrogen-bond donors (Lipinski definition) is 1. The summed E-state index contributed by atoms with van der Waals surface area (Å²) in [5.74, 6) is -0.831. The lowest BCUT2D eigenvalue weighted by molar-refractivity contribution is -0.143. The fourth-order valence-electron chi connectivity index (χ4n) is 4.89. The van der Waals surface area contributed by atoms with Crippen LogP contribution in [0.15, 0.2) is 42.5 Å². The van der Waals surface area contributed by atoms with Crippen molar-refractivity contribution in [2.45, 2.75) is 51.5 Å². The molecule has 1 saturated heterocycles. The van der Waals surface area contributed by atoms with E-state index < -0.39 is 11.9 Å². The van der Waals surface area contributed by atoms with Crippen LogP contribution in [-0.2, 0) is 9.59 Å². The molecule has 0 saturated carbocycles. The number of carboxylic acid groups (broad SMARTS) is 1. The van der Waals surface area contributed by atoms with Crippen LogP contribution in [0.2, 0.25) is 0 Å². The number of amides is 1. The van der Waals surface area contributed by atoms with Crippen LogP contribution < -0.4 is 9.47 Å². The predicted molar refractivity (Wildman–Crippen MR) is 136 cm³/mol. The topological polar surface area (TPSA) is 79.3 Å². The lowest BCUT2D eigenvalue weighted by atomic mass is 9.83. The number of halogens is 1. The Balaban J connectivity index is 0.000000280. The van der Waals surface area contributed by atoms with Crippen LogP contribution in [0.4, 0.5) is 4.39 Å². The van der Waals surface area contributed by atoms with Crippen LogP contribution >= 0.6 is 0 Å².